The van der Waals surface area contributed by atoms with Gasteiger partial charge in [0.25, 0.3) is 0 Å². The zero-order valence-electron chi connectivity index (χ0n) is 16.3. The van der Waals surface area contributed by atoms with Crippen LogP contribution in [0.25, 0.3) is 5.82 Å². The number of rotatable bonds is 11. The first kappa shape index (κ1) is 20.1. The van der Waals surface area contributed by atoms with Gasteiger partial charge in [0.15, 0.2) is 5.82 Å². The Bertz CT molecular complexity index is 667. The molecule has 0 aliphatic rings. The molecule has 0 amide bonds. The van der Waals surface area contributed by atoms with Crippen LogP contribution in [0.2, 0.25) is 0 Å². The summed E-state index contributed by atoms with van der Waals surface area (Å²) in [5, 5.41) is 8.49. The van der Waals surface area contributed by atoms with Gasteiger partial charge in [-0.25, -0.2) is 4.98 Å². The quantitative estimate of drug-likeness (QED) is 0.574. The summed E-state index contributed by atoms with van der Waals surface area (Å²) in [5.41, 5.74) is 0. The van der Waals surface area contributed by atoms with Crippen molar-refractivity contribution < 1.29 is 4.74 Å². The van der Waals surface area contributed by atoms with Crippen LogP contribution in [0.15, 0.2) is 37.2 Å². The van der Waals surface area contributed by atoms with E-state index in [-0.39, 0.29) is 6.10 Å². The standard InChI is InChI=1S/C19H30N6O/c1-6-7-8-17(15-24(5)14-13-23(3)4)26-19-10-9-18(21-22-19)25-12-11-20-16(25)2/h6,9-12,17H,1,7-8,13-15H2,2-5H3/t17-/m1/s1. The van der Waals surface area contributed by atoms with Crippen LogP contribution in [-0.4, -0.2) is 76.4 Å². The predicted octanol–water partition coefficient (Wildman–Crippen LogP) is 2.18. The van der Waals surface area contributed by atoms with E-state index in [4.69, 9.17) is 4.74 Å². The van der Waals surface area contributed by atoms with Gasteiger partial charge in [-0.3, -0.25) is 4.57 Å². The second kappa shape index (κ2) is 10.0. The van der Waals surface area contributed by atoms with E-state index in [1.165, 1.54) is 0 Å². The molecule has 2 aromatic heterocycles. The fraction of sp³-hybridized carbons (Fsp3) is 0.526. The molecule has 0 saturated carbocycles. The van der Waals surface area contributed by atoms with E-state index in [0.717, 1.165) is 44.1 Å². The third kappa shape index (κ3) is 6.24. The van der Waals surface area contributed by atoms with E-state index in [2.05, 4.69) is 52.7 Å². The van der Waals surface area contributed by atoms with E-state index < -0.39 is 0 Å². The highest BCUT2D eigenvalue weighted by atomic mass is 16.5. The summed E-state index contributed by atoms with van der Waals surface area (Å²) in [7, 11) is 6.28. The number of hydrogen-bond donors (Lipinski definition) is 0. The van der Waals surface area contributed by atoms with Crippen LogP contribution in [0.3, 0.4) is 0 Å². The first-order valence-electron chi connectivity index (χ1n) is 8.94. The molecule has 0 aromatic carbocycles. The zero-order chi connectivity index (χ0) is 18.9. The SMILES string of the molecule is C=CCC[C@H](CN(C)CCN(C)C)Oc1ccc(-n2ccnc2C)nn1. The number of ether oxygens (including phenoxy) is 1. The average molecular weight is 358 g/mol. The number of aryl methyl sites for hydroxylation is 1. The summed E-state index contributed by atoms with van der Waals surface area (Å²) < 4.78 is 7.98. The zero-order valence-corrected chi connectivity index (χ0v) is 16.3. The van der Waals surface area contributed by atoms with Crippen molar-refractivity contribution in [1.29, 1.82) is 0 Å². The van der Waals surface area contributed by atoms with Gasteiger partial charge < -0.3 is 14.5 Å². The number of aromatic nitrogens is 4. The fourth-order valence-corrected chi connectivity index (χ4v) is 2.60. The Morgan fingerprint density at radius 1 is 1.23 bits per heavy atom. The molecule has 7 heteroatoms. The van der Waals surface area contributed by atoms with Gasteiger partial charge in [-0.05, 0) is 47.0 Å². The molecule has 0 saturated heterocycles. The maximum Gasteiger partial charge on any atom is 0.233 e. The lowest BCUT2D eigenvalue weighted by molar-refractivity contribution is 0.130. The summed E-state index contributed by atoms with van der Waals surface area (Å²) >= 11 is 0. The fourth-order valence-electron chi connectivity index (χ4n) is 2.60. The number of nitrogens with zero attached hydrogens (tertiary/aromatic N) is 6. The van der Waals surface area contributed by atoms with Crippen molar-refractivity contribution in [2.24, 2.45) is 0 Å². The molecule has 2 aromatic rings. The molecular formula is C19H30N6O. The topological polar surface area (TPSA) is 59.3 Å². The Kier molecular flexibility index (Phi) is 7.74. The number of likely N-dealkylation sites (N-methyl/N-ethyl adjacent to an activating group) is 2. The molecule has 2 heterocycles. The summed E-state index contributed by atoms with van der Waals surface area (Å²) in [6.45, 7) is 8.59. The first-order valence-corrected chi connectivity index (χ1v) is 8.94. The van der Waals surface area contributed by atoms with Crippen LogP contribution in [0, 0.1) is 6.92 Å². The second-order valence-corrected chi connectivity index (χ2v) is 6.75. The molecule has 0 radical (unpaired) electrons. The Morgan fingerprint density at radius 3 is 2.62 bits per heavy atom. The number of hydrogen-bond acceptors (Lipinski definition) is 6. The minimum absolute atomic E-state index is 0.0512. The largest absolute Gasteiger partial charge is 0.472 e. The van der Waals surface area contributed by atoms with Crippen LogP contribution in [-0.2, 0) is 0 Å². The van der Waals surface area contributed by atoms with Gasteiger partial charge in [-0.15, -0.1) is 16.8 Å². The van der Waals surface area contributed by atoms with Crippen LogP contribution in [0.1, 0.15) is 18.7 Å². The molecule has 0 aliphatic carbocycles. The van der Waals surface area contributed by atoms with E-state index in [1.54, 1.807) is 6.20 Å². The highest BCUT2D eigenvalue weighted by Crippen LogP contribution is 2.14. The van der Waals surface area contributed by atoms with Crippen molar-refractivity contribution >= 4 is 0 Å². The molecule has 2 rings (SSSR count). The van der Waals surface area contributed by atoms with Gasteiger partial charge in [-0.1, -0.05) is 6.08 Å². The van der Waals surface area contributed by atoms with Crippen molar-refractivity contribution in [1.82, 2.24) is 29.5 Å². The molecule has 0 unspecified atom stereocenters. The minimum Gasteiger partial charge on any atom is -0.472 e. The highest BCUT2D eigenvalue weighted by molar-refractivity contribution is 5.25. The summed E-state index contributed by atoms with van der Waals surface area (Å²) in [6, 6.07) is 3.76. The van der Waals surface area contributed by atoms with Crippen molar-refractivity contribution in [3.05, 3.63) is 43.0 Å². The van der Waals surface area contributed by atoms with E-state index in [9.17, 15) is 0 Å². The lowest BCUT2D eigenvalue weighted by Crippen LogP contribution is -2.37. The summed E-state index contributed by atoms with van der Waals surface area (Å²) in [4.78, 5) is 8.67. The second-order valence-electron chi connectivity index (χ2n) is 6.75. The molecule has 142 valence electrons. The van der Waals surface area contributed by atoms with Crippen molar-refractivity contribution in [3.8, 4) is 11.7 Å². The maximum atomic E-state index is 6.10. The molecule has 26 heavy (non-hydrogen) atoms. The Balaban J connectivity index is 1.98. The highest BCUT2D eigenvalue weighted by Gasteiger charge is 2.14. The van der Waals surface area contributed by atoms with Crippen molar-refractivity contribution in [3.63, 3.8) is 0 Å². The van der Waals surface area contributed by atoms with Gasteiger partial charge in [0, 0.05) is 38.1 Å². The van der Waals surface area contributed by atoms with Crippen molar-refractivity contribution in [2.45, 2.75) is 25.9 Å². The Morgan fingerprint density at radius 2 is 2.04 bits per heavy atom. The molecule has 0 spiro atoms. The van der Waals surface area contributed by atoms with Gasteiger partial charge >= 0.3 is 0 Å². The molecular weight excluding hydrogens is 328 g/mol. The summed E-state index contributed by atoms with van der Waals surface area (Å²) in [5.74, 6) is 2.15. The lowest BCUT2D eigenvalue weighted by atomic mass is 10.2. The molecule has 0 aliphatic heterocycles. The average Bonchev–Trinajstić information content (AvgIpc) is 3.04. The van der Waals surface area contributed by atoms with Crippen LogP contribution >= 0.6 is 0 Å². The number of imidazole rings is 1. The summed E-state index contributed by atoms with van der Waals surface area (Å²) in [6.07, 6.45) is 7.40. The lowest BCUT2D eigenvalue weighted by Gasteiger charge is -2.25. The van der Waals surface area contributed by atoms with E-state index in [0.29, 0.717) is 5.88 Å². The van der Waals surface area contributed by atoms with Gasteiger partial charge in [-0.2, -0.15) is 0 Å². The van der Waals surface area contributed by atoms with Gasteiger partial charge in [0.2, 0.25) is 5.88 Å². The Labute approximate surface area is 156 Å². The molecule has 0 N–H and O–H groups in total. The van der Waals surface area contributed by atoms with Crippen LogP contribution < -0.4 is 4.74 Å². The predicted molar refractivity (Wildman–Crippen MR) is 104 cm³/mol. The first-order chi connectivity index (χ1) is 12.5. The molecule has 0 fully saturated rings. The number of allylic oxidation sites excluding steroid dienone is 1. The van der Waals surface area contributed by atoms with E-state index in [1.807, 2.05) is 35.9 Å². The maximum absolute atomic E-state index is 6.10. The van der Waals surface area contributed by atoms with Gasteiger partial charge in [0.05, 0.1) is 0 Å². The molecule has 1 atom stereocenters. The van der Waals surface area contributed by atoms with Gasteiger partial charge in [0.1, 0.15) is 11.9 Å². The monoisotopic (exact) mass is 358 g/mol. The Hall–Kier alpha value is -2.25. The molecule has 7 nitrogen and oxygen atoms in total. The van der Waals surface area contributed by atoms with Crippen LogP contribution in [0.4, 0.5) is 0 Å². The van der Waals surface area contributed by atoms with E-state index >= 15 is 0 Å². The third-order valence-electron chi connectivity index (χ3n) is 4.12. The smallest absolute Gasteiger partial charge is 0.233 e. The third-order valence-corrected chi connectivity index (χ3v) is 4.12. The van der Waals surface area contributed by atoms with Crippen molar-refractivity contribution in [2.75, 3.05) is 40.8 Å². The molecule has 0 bridgehead atoms. The van der Waals surface area contributed by atoms with Crippen LogP contribution in [0.5, 0.6) is 5.88 Å². The normalized spacial score (nSPS) is 12.5. The minimum atomic E-state index is 0.0512.